The minimum atomic E-state index is 0.0842. The van der Waals surface area contributed by atoms with Gasteiger partial charge < -0.3 is 5.73 Å². The van der Waals surface area contributed by atoms with Crippen molar-refractivity contribution in [2.45, 2.75) is 65.2 Å². The van der Waals surface area contributed by atoms with Gasteiger partial charge in [-0.2, -0.15) is 5.10 Å². The highest BCUT2D eigenvalue weighted by Crippen LogP contribution is 2.23. The summed E-state index contributed by atoms with van der Waals surface area (Å²) >= 11 is 0. The van der Waals surface area contributed by atoms with E-state index in [1.165, 1.54) is 50.7 Å². The standard InChI is InChI=1S/C14H28N4/c1-3-5-7-9-12-11-18(14(15)16)17-13(12)10-8-6-4-2/h12H,3-11H2,1-2H3,(H3,15,16). The second-order valence-electron chi connectivity index (χ2n) is 5.21. The topological polar surface area (TPSA) is 65.5 Å². The molecule has 0 saturated heterocycles. The molecule has 4 nitrogen and oxygen atoms in total. The van der Waals surface area contributed by atoms with Gasteiger partial charge in [-0.05, 0) is 19.3 Å². The van der Waals surface area contributed by atoms with Crippen LogP contribution in [0.3, 0.4) is 0 Å². The van der Waals surface area contributed by atoms with Crippen molar-refractivity contribution < 1.29 is 0 Å². The van der Waals surface area contributed by atoms with Crippen molar-refractivity contribution in [2.75, 3.05) is 6.54 Å². The van der Waals surface area contributed by atoms with Crippen molar-refractivity contribution in [3.8, 4) is 0 Å². The average molecular weight is 252 g/mol. The Morgan fingerprint density at radius 1 is 1.28 bits per heavy atom. The number of guanidine groups is 1. The van der Waals surface area contributed by atoms with E-state index < -0.39 is 0 Å². The summed E-state index contributed by atoms with van der Waals surface area (Å²) in [6.45, 7) is 5.27. The number of nitrogens with two attached hydrogens (primary N) is 1. The molecule has 18 heavy (non-hydrogen) atoms. The largest absolute Gasteiger partial charge is 0.369 e. The smallest absolute Gasteiger partial charge is 0.209 e. The number of rotatable bonds is 8. The lowest BCUT2D eigenvalue weighted by Crippen LogP contribution is -2.31. The van der Waals surface area contributed by atoms with Gasteiger partial charge in [-0.25, -0.2) is 5.01 Å². The molecule has 0 radical (unpaired) electrons. The van der Waals surface area contributed by atoms with E-state index in [2.05, 4.69) is 18.9 Å². The molecule has 0 fully saturated rings. The fourth-order valence-electron chi connectivity index (χ4n) is 2.45. The minimum absolute atomic E-state index is 0.0842. The van der Waals surface area contributed by atoms with Gasteiger partial charge in [0.1, 0.15) is 0 Å². The van der Waals surface area contributed by atoms with Crippen LogP contribution in [0.15, 0.2) is 5.10 Å². The van der Waals surface area contributed by atoms with Crippen LogP contribution in [0.1, 0.15) is 65.2 Å². The van der Waals surface area contributed by atoms with E-state index in [1.54, 1.807) is 5.01 Å². The highest BCUT2D eigenvalue weighted by molar-refractivity contribution is 5.91. The summed E-state index contributed by atoms with van der Waals surface area (Å²) in [5.41, 5.74) is 6.81. The lowest BCUT2D eigenvalue weighted by Gasteiger charge is -2.14. The van der Waals surface area contributed by atoms with Gasteiger partial charge in [-0.3, -0.25) is 5.41 Å². The molecule has 0 saturated carbocycles. The van der Waals surface area contributed by atoms with Crippen molar-refractivity contribution in [2.24, 2.45) is 16.8 Å². The monoisotopic (exact) mass is 252 g/mol. The summed E-state index contributed by atoms with van der Waals surface area (Å²) in [4.78, 5) is 0. The lowest BCUT2D eigenvalue weighted by atomic mass is 9.93. The first-order valence-electron chi connectivity index (χ1n) is 7.38. The summed E-state index contributed by atoms with van der Waals surface area (Å²) in [7, 11) is 0. The van der Waals surface area contributed by atoms with Crippen molar-refractivity contribution in [3.05, 3.63) is 0 Å². The van der Waals surface area contributed by atoms with Crippen LogP contribution in [0, 0.1) is 11.3 Å². The maximum Gasteiger partial charge on any atom is 0.209 e. The van der Waals surface area contributed by atoms with Crippen LogP contribution in [0.5, 0.6) is 0 Å². The van der Waals surface area contributed by atoms with E-state index in [4.69, 9.17) is 11.1 Å². The van der Waals surface area contributed by atoms with Crippen LogP contribution < -0.4 is 5.73 Å². The Morgan fingerprint density at radius 2 is 1.94 bits per heavy atom. The summed E-state index contributed by atoms with van der Waals surface area (Å²) in [5, 5.41) is 13.7. The normalized spacial score (nSPS) is 19.1. The zero-order chi connectivity index (χ0) is 13.4. The second kappa shape index (κ2) is 8.11. The number of hydrogen-bond acceptors (Lipinski definition) is 2. The predicted molar refractivity (Wildman–Crippen MR) is 77.8 cm³/mol. The highest BCUT2D eigenvalue weighted by atomic mass is 15.5. The van der Waals surface area contributed by atoms with E-state index in [0.717, 1.165) is 13.0 Å². The van der Waals surface area contributed by atoms with Crippen LogP contribution in [-0.2, 0) is 0 Å². The predicted octanol–water partition coefficient (Wildman–Crippen LogP) is 3.33. The molecule has 1 atom stereocenters. The van der Waals surface area contributed by atoms with Crippen molar-refractivity contribution in [3.63, 3.8) is 0 Å². The Hall–Kier alpha value is -1.06. The molecule has 4 heteroatoms. The number of hydrazone groups is 1. The fourth-order valence-corrected chi connectivity index (χ4v) is 2.45. The summed E-state index contributed by atoms with van der Waals surface area (Å²) in [6, 6.07) is 0. The average Bonchev–Trinajstić information content (AvgIpc) is 2.74. The zero-order valence-corrected chi connectivity index (χ0v) is 11.9. The molecular weight excluding hydrogens is 224 g/mol. The molecule has 1 aliphatic rings. The van der Waals surface area contributed by atoms with Crippen molar-refractivity contribution in [1.29, 1.82) is 5.41 Å². The molecule has 3 N–H and O–H groups in total. The van der Waals surface area contributed by atoms with Crippen LogP contribution in [0.25, 0.3) is 0 Å². The number of nitrogens with zero attached hydrogens (tertiary/aromatic N) is 2. The molecule has 1 heterocycles. The Kier molecular flexibility index (Phi) is 6.76. The third-order valence-corrected chi connectivity index (χ3v) is 3.58. The fraction of sp³-hybridized carbons (Fsp3) is 0.857. The van der Waals surface area contributed by atoms with Crippen LogP contribution in [0.4, 0.5) is 0 Å². The molecular formula is C14H28N4. The quantitative estimate of drug-likeness (QED) is 0.395. The molecule has 0 aromatic heterocycles. The molecule has 1 unspecified atom stereocenters. The zero-order valence-electron chi connectivity index (χ0n) is 11.9. The van der Waals surface area contributed by atoms with Gasteiger partial charge >= 0.3 is 0 Å². The number of nitrogens with one attached hydrogen (secondary N) is 1. The first-order valence-corrected chi connectivity index (χ1v) is 7.38. The Morgan fingerprint density at radius 3 is 2.56 bits per heavy atom. The molecule has 0 aromatic rings. The second-order valence-corrected chi connectivity index (χ2v) is 5.21. The lowest BCUT2D eigenvalue weighted by molar-refractivity contribution is 0.419. The van der Waals surface area contributed by atoms with E-state index >= 15 is 0 Å². The first kappa shape index (κ1) is 15.0. The first-order chi connectivity index (χ1) is 8.69. The van der Waals surface area contributed by atoms with Gasteiger partial charge in [0.05, 0.1) is 6.54 Å². The van der Waals surface area contributed by atoms with Gasteiger partial charge in [0.25, 0.3) is 0 Å². The van der Waals surface area contributed by atoms with Crippen molar-refractivity contribution >= 4 is 11.7 Å². The third-order valence-electron chi connectivity index (χ3n) is 3.58. The van der Waals surface area contributed by atoms with Gasteiger partial charge in [0.15, 0.2) is 0 Å². The molecule has 0 spiro atoms. The summed E-state index contributed by atoms with van der Waals surface area (Å²) < 4.78 is 0. The Bertz CT molecular complexity index is 286. The number of hydrogen-bond donors (Lipinski definition) is 2. The third kappa shape index (κ3) is 4.67. The summed E-state index contributed by atoms with van der Waals surface area (Å²) in [6.07, 6.45) is 9.80. The van der Waals surface area contributed by atoms with Crippen LogP contribution in [-0.4, -0.2) is 23.2 Å². The van der Waals surface area contributed by atoms with E-state index in [1.807, 2.05) is 0 Å². The Labute approximate surface area is 111 Å². The maximum atomic E-state index is 7.49. The summed E-state index contributed by atoms with van der Waals surface area (Å²) in [5.74, 6) is 0.610. The molecule has 0 bridgehead atoms. The molecule has 0 amide bonds. The van der Waals surface area contributed by atoms with Crippen LogP contribution >= 0.6 is 0 Å². The van der Waals surface area contributed by atoms with E-state index in [9.17, 15) is 0 Å². The van der Waals surface area contributed by atoms with Gasteiger partial charge in [0, 0.05) is 11.6 Å². The van der Waals surface area contributed by atoms with Crippen molar-refractivity contribution in [1.82, 2.24) is 5.01 Å². The molecule has 0 aromatic carbocycles. The van der Waals surface area contributed by atoms with Gasteiger partial charge in [-0.1, -0.05) is 46.0 Å². The Balaban J connectivity index is 2.47. The molecule has 104 valence electrons. The van der Waals surface area contributed by atoms with E-state index in [0.29, 0.717) is 5.92 Å². The SMILES string of the molecule is CCCCCC1=NN(C(=N)N)CC1CCCCC. The molecule has 0 aliphatic carbocycles. The molecule has 1 aliphatic heterocycles. The minimum Gasteiger partial charge on any atom is -0.369 e. The van der Waals surface area contributed by atoms with Gasteiger partial charge in [0.2, 0.25) is 5.96 Å². The maximum absolute atomic E-state index is 7.49. The molecule has 1 rings (SSSR count). The highest BCUT2D eigenvalue weighted by Gasteiger charge is 2.26. The number of unbranched alkanes of at least 4 members (excludes halogenated alkanes) is 4. The van der Waals surface area contributed by atoms with Crippen LogP contribution in [0.2, 0.25) is 0 Å². The van der Waals surface area contributed by atoms with Gasteiger partial charge in [-0.15, -0.1) is 0 Å². The van der Waals surface area contributed by atoms with E-state index in [-0.39, 0.29) is 5.96 Å².